The second kappa shape index (κ2) is 8.22. The van der Waals surface area contributed by atoms with Gasteiger partial charge >= 0.3 is 12.2 Å². The van der Waals surface area contributed by atoms with Crippen LogP contribution in [0.4, 0.5) is 35.3 Å². The van der Waals surface area contributed by atoms with Crippen LogP contribution in [-0.4, -0.2) is 59.0 Å². The Bertz CT molecular complexity index is 903. The average Bonchev–Trinajstić information content (AvgIpc) is 2.73. The number of hydrogen-bond acceptors (Lipinski definition) is 6. The molecule has 1 aromatic carbocycles. The number of hydrogen-bond donors (Lipinski definition) is 1. The zero-order valence-electron chi connectivity index (χ0n) is 15.5. The van der Waals surface area contributed by atoms with E-state index in [9.17, 15) is 18.0 Å². The molecular weight excluding hydrogens is 387 g/mol. The fourth-order valence-electron chi connectivity index (χ4n) is 2.89. The molecule has 0 unspecified atom stereocenters. The molecule has 0 atom stereocenters. The predicted octanol–water partition coefficient (Wildman–Crippen LogP) is 2.89. The van der Waals surface area contributed by atoms with Crippen molar-refractivity contribution in [3.8, 4) is 6.19 Å². The van der Waals surface area contributed by atoms with Crippen molar-refractivity contribution < 1.29 is 18.0 Å². The summed E-state index contributed by atoms with van der Waals surface area (Å²) in [5.41, 5.74) is -0.283. The van der Waals surface area contributed by atoms with Crippen LogP contribution in [0.15, 0.2) is 36.7 Å². The first-order valence-electron chi connectivity index (χ1n) is 8.72. The van der Waals surface area contributed by atoms with E-state index in [0.29, 0.717) is 43.5 Å². The van der Waals surface area contributed by atoms with Crippen LogP contribution in [0.3, 0.4) is 0 Å². The lowest BCUT2D eigenvalue weighted by molar-refractivity contribution is -0.137. The minimum atomic E-state index is -4.40. The Kier molecular flexibility index (Phi) is 5.72. The number of nitrogens with zero attached hydrogens (tertiary/aromatic N) is 6. The Morgan fingerprint density at radius 2 is 1.76 bits per heavy atom. The van der Waals surface area contributed by atoms with E-state index in [1.165, 1.54) is 31.6 Å². The maximum Gasteiger partial charge on any atom is 0.416 e. The van der Waals surface area contributed by atoms with Crippen molar-refractivity contribution in [2.75, 3.05) is 43.4 Å². The molecule has 8 nitrogen and oxygen atoms in total. The van der Waals surface area contributed by atoms with Gasteiger partial charge in [0, 0.05) is 51.3 Å². The number of piperazine rings is 1. The molecule has 3 rings (SSSR count). The molecule has 2 heterocycles. The molecule has 0 spiro atoms. The van der Waals surface area contributed by atoms with Gasteiger partial charge in [-0.3, -0.25) is 0 Å². The van der Waals surface area contributed by atoms with Crippen LogP contribution in [0.5, 0.6) is 0 Å². The average molecular weight is 405 g/mol. The van der Waals surface area contributed by atoms with Crippen LogP contribution in [0.1, 0.15) is 5.56 Å². The number of carbonyl (C=O) groups excluding carboxylic acids is 1. The maximum atomic E-state index is 12.7. The summed E-state index contributed by atoms with van der Waals surface area (Å²) in [7, 11) is 1.41. The van der Waals surface area contributed by atoms with Gasteiger partial charge in [-0.1, -0.05) is 0 Å². The zero-order valence-corrected chi connectivity index (χ0v) is 15.5. The van der Waals surface area contributed by atoms with Gasteiger partial charge in [-0.15, -0.1) is 0 Å². The van der Waals surface area contributed by atoms with Gasteiger partial charge in [-0.05, 0) is 24.3 Å². The van der Waals surface area contributed by atoms with Crippen LogP contribution in [0.25, 0.3) is 0 Å². The molecule has 1 aliphatic rings. The van der Waals surface area contributed by atoms with Crippen LogP contribution in [-0.2, 0) is 6.18 Å². The van der Waals surface area contributed by atoms with Crippen molar-refractivity contribution in [1.82, 2.24) is 19.8 Å². The summed E-state index contributed by atoms with van der Waals surface area (Å²) in [4.78, 5) is 25.1. The smallest absolute Gasteiger partial charge is 0.350 e. The molecule has 0 bridgehead atoms. The van der Waals surface area contributed by atoms with Crippen LogP contribution in [0.2, 0.25) is 0 Å². The lowest BCUT2D eigenvalue weighted by Gasteiger charge is -2.36. The number of nitriles is 1. The van der Waals surface area contributed by atoms with E-state index >= 15 is 0 Å². The molecule has 29 heavy (non-hydrogen) atoms. The number of nitrogens with one attached hydrogen (secondary N) is 1. The summed E-state index contributed by atoms with van der Waals surface area (Å²) in [6.45, 7) is 1.76. The van der Waals surface area contributed by atoms with Crippen molar-refractivity contribution in [3.63, 3.8) is 0 Å². The number of aromatic nitrogens is 2. The number of anilines is 3. The van der Waals surface area contributed by atoms with Crippen molar-refractivity contribution in [2.24, 2.45) is 0 Å². The van der Waals surface area contributed by atoms with E-state index in [1.807, 2.05) is 4.90 Å². The number of urea groups is 1. The third-order valence-electron chi connectivity index (χ3n) is 4.44. The van der Waals surface area contributed by atoms with Crippen molar-refractivity contribution in [3.05, 3.63) is 42.2 Å². The molecule has 0 aliphatic carbocycles. The molecule has 1 N–H and O–H groups in total. The summed E-state index contributed by atoms with van der Waals surface area (Å²) in [5, 5.41) is 11.8. The van der Waals surface area contributed by atoms with E-state index in [2.05, 4.69) is 15.3 Å². The topological polar surface area (TPSA) is 88.4 Å². The summed E-state index contributed by atoms with van der Waals surface area (Å²) >= 11 is 0. The summed E-state index contributed by atoms with van der Waals surface area (Å²) in [6, 6.07) is 4.28. The minimum Gasteiger partial charge on any atom is -0.350 e. The number of halogens is 3. The Morgan fingerprint density at radius 3 is 2.34 bits per heavy atom. The summed E-state index contributed by atoms with van der Waals surface area (Å²) in [6.07, 6.45) is 0.390. The molecular formula is C18H18F3N7O. The molecule has 2 amide bonds. The first kappa shape index (κ1) is 20.2. The fraction of sp³-hybridized carbons (Fsp3) is 0.333. The molecule has 0 saturated carbocycles. The van der Waals surface area contributed by atoms with Gasteiger partial charge in [-0.2, -0.15) is 18.4 Å². The number of amides is 2. The normalized spacial score (nSPS) is 14.3. The third kappa shape index (κ3) is 4.66. The number of benzene rings is 1. The lowest BCUT2D eigenvalue weighted by Crippen LogP contribution is -2.51. The highest BCUT2D eigenvalue weighted by molar-refractivity contribution is 5.76. The first-order valence-corrected chi connectivity index (χ1v) is 8.72. The largest absolute Gasteiger partial charge is 0.416 e. The third-order valence-corrected chi connectivity index (χ3v) is 4.44. The zero-order chi connectivity index (χ0) is 21.0. The second-order valence-electron chi connectivity index (χ2n) is 6.34. The van der Waals surface area contributed by atoms with Gasteiger partial charge < -0.3 is 15.1 Å². The molecule has 1 saturated heterocycles. The molecule has 0 radical (unpaired) electrons. The molecule has 1 fully saturated rings. The standard InChI is InChI=1S/C18H18F3N7O/c1-26(12-22)17(29)28-10-8-27(9-11-28)16-15(23-6-7-24-16)25-14-4-2-13(3-5-14)18(19,20)21/h2-7H,8-11H2,1H3,(H,23,25). The summed E-state index contributed by atoms with van der Waals surface area (Å²) in [5.74, 6) is 0.939. The fourth-order valence-corrected chi connectivity index (χ4v) is 2.89. The summed E-state index contributed by atoms with van der Waals surface area (Å²) < 4.78 is 38.1. The number of carbonyl (C=O) groups is 1. The van der Waals surface area contributed by atoms with Gasteiger partial charge in [0.1, 0.15) is 0 Å². The predicted molar refractivity (Wildman–Crippen MR) is 99.3 cm³/mol. The monoisotopic (exact) mass is 405 g/mol. The molecule has 1 aliphatic heterocycles. The van der Waals surface area contributed by atoms with Crippen molar-refractivity contribution in [2.45, 2.75) is 6.18 Å². The maximum absolute atomic E-state index is 12.7. The van der Waals surface area contributed by atoms with Crippen molar-refractivity contribution in [1.29, 1.82) is 5.26 Å². The SMILES string of the molecule is CN(C#N)C(=O)N1CCN(c2nccnc2Nc2ccc(C(F)(F)F)cc2)CC1. The van der Waals surface area contributed by atoms with E-state index < -0.39 is 11.7 Å². The van der Waals surface area contributed by atoms with E-state index in [4.69, 9.17) is 5.26 Å². The molecule has 2 aromatic rings. The molecule has 1 aromatic heterocycles. The van der Waals surface area contributed by atoms with Crippen LogP contribution >= 0.6 is 0 Å². The first-order chi connectivity index (χ1) is 13.8. The Morgan fingerprint density at radius 1 is 1.14 bits per heavy atom. The Labute approximate surface area is 165 Å². The van der Waals surface area contributed by atoms with Gasteiger partial charge in [0.05, 0.1) is 5.56 Å². The second-order valence-corrected chi connectivity index (χ2v) is 6.34. The van der Waals surface area contributed by atoms with Crippen LogP contribution < -0.4 is 10.2 Å². The number of rotatable bonds is 3. The van der Waals surface area contributed by atoms with E-state index in [-0.39, 0.29) is 6.03 Å². The quantitative estimate of drug-likeness (QED) is 0.624. The Balaban J connectivity index is 1.70. The highest BCUT2D eigenvalue weighted by atomic mass is 19.4. The molecule has 11 heteroatoms. The highest BCUT2D eigenvalue weighted by Crippen LogP contribution is 2.31. The van der Waals surface area contributed by atoms with Gasteiger partial charge in [-0.25, -0.2) is 19.7 Å². The van der Waals surface area contributed by atoms with Gasteiger partial charge in [0.25, 0.3) is 0 Å². The lowest BCUT2D eigenvalue weighted by atomic mass is 10.2. The van der Waals surface area contributed by atoms with Crippen molar-refractivity contribution >= 4 is 23.4 Å². The Hall–Kier alpha value is -3.55. The van der Waals surface area contributed by atoms with Crippen LogP contribution in [0, 0.1) is 11.5 Å². The molecule has 152 valence electrons. The number of alkyl halides is 3. The van der Waals surface area contributed by atoms with E-state index in [0.717, 1.165) is 17.0 Å². The highest BCUT2D eigenvalue weighted by Gasteiger charge is 2.30. The minimum absolute atomic E-state index is 0.366. The van der Waals surface area contributed by atoms with Gasteiger partial charge in [0.2, 0.25) is 0 Å². The van der Waals surface area contributed by atoms with E-state index in [1.54, 1.807) is 11.1 Å². The van der Waals surface area contributed by atoms with Gasteiger partial charge in [0.15, 0.2) is 17.8 Å².